The molecule has 0 radical (unpaired) electrons. The molecule has 13 nitrogen and oxygen atoms in total. The zero-order valence-electron chi connectivity index (χ0n) is 16.0. The Morgan fingerprint density at radius 1 is 1.35 bits per heavy atom. The average molecular weight is 448 g/mol. The van der Waals surface area contributed by atoms with Gasteiger partial charge in [-0.15, -0.1) is 0 Å². The van der Waals surface area contributed by atoms with Gasteiger partial charge in [-0.2, -0.15) is 0 Å². The van der Waals surface area contributed by atoms with Crippen molar-refractivity contribution in [2.45, 2.75) is 49.3 Å². The van der Waals surface area contributed by atoms with Gasteiger partial charge in [-0.1, -0.05) is 0 Å². The summed E-state index contributed by atoms with van der Waals surface area (Å²) in [6.45, 7) is -0.00938. The first-order valence-electron chi connectivity index (χ1n) is 8.85. The minimum atomic E-state index is -3.27. The molecule has 1 heterocycles. The van der Waals surface area contributed by atoms with Crippen molar-refractivity contribution < 1.29 is 53.9 Å². The van der Waals surface area contributed by atoms with Crippen molar-refractivity contribution in [3.8, 4) is 5.75 Å². The van der Waals surface area contributed by atoms with Crippen molar-refractivity contribution in [3.63, 3.8) is 0 Å². The zero-order chi connectivity index (χ0) is 23.5. The number of nitrogens with zero attached hydrogens (tertiary/aromatic N) is 1. The van der Waals surface area contributed by atoms with Crippen molar-refractivity contribution >= 4 is 17.6 Å². The molecule has 1 aliphatic heterocycles. The number of nitrogens with one attached hydrogen (secondary N) is 1. The first-order chi connectivity index (χ1) is 14.4. The summed E-state index contributed by atoms with van der Waals surface area (Å²) in [7, 11) is 0. The highest BCUT2D eigenvalue weighted by atomic mass is 19.1. The largest absolute Gasteiger partial charge is 0.476 e. The monoisotopic (exact) mass is 448 g/mol. The molecule has 1 amide bonds. The van der Waals surface area contributed by atoms with Crippen molar-refractivity contribution in [2.24, 2.45) is 0 Å². The van der Waals surface area contributed by atoms with Crippen LogP contribution in [0, 0.1) is 10.1 Å². The van der Waals surface area contributed by atoms with E-state index < -0.39 is 71.6 Å². The number of aliphatic hydroxyl groups excluding tert-OH is 4. The summed E-state index contributed by atoms with van der Waals surface area (Å²) in [5.74, 6) is -6.54. The van der Waals surface area contributed by atoms with E-state index in [-0.39, 0.29) is 5.69 Å². The molecule has 0 bridgehead atoms. The topological polar surface area (TPSA) is 209 Å². The third-order valence-corrected chi connectivity index (χ3v) is 4.60. The average Bonchev–Trinajstić information content (AvgIpc) is 2.72. The summed E-state index contributed by atoms with van der Waals surface area (Å²) < 4.78 is 25.4. The van der Waals surface area contributed by atoms with Gasteiger partial charge in [0.2, 0.25) is 12.1 Å². The molecule has 14 heteroatoms. The van der Waals surface area contributed by atoms with Gasteiger partial charge in [0.1, 0.15) is 30.2 Å². The van der Waals surface area contributed by atoms with E-state index in [4.69, 9.17) is 14.6 Å². The molecule has 6 N–H and O–H groups in total. The van der Waals surface area contributed by atoms with Crippen LogP contribution in [0.2, 0.25) is 0 Å². The molecule has 2 rings (SSSR count). The van der Waals surface area contributed by atoms with Crippen LogP contribution in [0.4, 0.5) is 10.1 Å². The predicted molar refractivity (Wildman–Crippen MR) is 96.6 cm³/mol. The molecular formula is C17H21FN2O11. The van der Waals surface area contributed by atoms with Crippen LogP contribution >= 0.6 is 0 Å². The SMILES string of the molecule is CC(=O)N[C@@H]1[C@@H](O)[C@H](F)[C@](Oc2ccc([N+](=O)[O-])cc2)(C(=O)O)O[C@H]1[C@H](O)[C@H](O)CO. The van der Waals surface area contributed by atoms with E-state index >= 15 is 4.39 Å². The molecule has 0 spiro atoms. The van der Waals surface area contributed by atoms with Crippen LogP contribution < -0.4 is 10.1 Å². The number of amides is 1. The van der Waals surface area contributed by atoms with E-state index in [0.717, 1.165) is 31.2 Å². The van der Waals surface area contributed by atoms with Gasteiger partial charge in [-0.25, -0.2) is 9.18 Å². The van der Waals surface area contributed by atoms with Gasteiger partial charge < -0.3 is 40.3 Å². The van der Waals surface area contributed by atoms with Crippen molar-refractivity contribution in [2.75, 3.05) is 6.61 Å². The Morgan fingerprint density at radius 2 is 1.94 bits per heavy atom. The molecule has 1 aromatic carbocycles. The second kappa shape index (κ2) is 9.49. The number of ether oxygens (including phenoxy) is 2. The highest BCUT2D eigenvalue weighted by Crippen LogP contribution is 2.37. The number of aliphatic hydroxyl groups is 4. The smallest absolute Gasteiger partial charge is 0.380 e. The fraction of sp³-hybridized carbons (Fsp3) is 0.529. The number of carbonyl (C=O) groups excluding carboxylic acids is 1. The maximum absolute atomic E-state index is 15.1. The molecule has 0 aromatic heterocycles. The Balaban J connectivity index is 2.48. The fourth-order valence-electron chi connectivity index (χ4n) is 3.06. The number of nitro benzene ring substituents is 1. The maximum Gasteiger partial charge on any atom is 0.380 e. The van der Waals surface area contributed by atoms with Gasteiger partial charge in [-0.3, -0.25) is 14.9 Å². The molecule has 1 aromatic rings. The van der Waals surface area contributed by atoms with Gasteiger partial charge in [0, 0.05) is 19.1 Å². The molecule has 0 saturated carbocycles. The molecule has 172 valence electrons. The number of aliphatic carboxylic acids is 1. The number of non-ortho nitro benzene ring substituents is 1. The minimum Gasteiger partial charge on any atom is -0.476 e. The Kier molecular flexibility index (Phi) is 7.45. The third-order valence-electron chi connectivity index (χ3n) is 4.60. The molecule has 31 heavy (non-hydrogen) atoms. The number of carboxylic acids is 1. The van der Waals surface area contributed by atoms with Crippen LogP contribution in [0.15, 0.2) is 24.3 Å². The Morgan fingerprint density at radius 3 is 2.39 bits per heavy atom. The summed E-state index contributed by atoms with van der Waals surface area (Å²) in [6.07, 6.45) is -11.1. The lowest BCUT2D eigenvalue weighted by atomic mass is 9.87. The molecule has 1 fully saturated rings. The summed E-state index contributed by atoms with van der Waals surface area (Å²) >= 11 is 0. The number of carboxylic acid groups (broad SMARTS) is 1. The summed E-state index contributed by atoms with van der Waals surface area (Å²) in [5, 5.41) is 62.0. The molecule has 0 aliphatic carbocycles. The van der Waals surface area contributed by atoms with Crippen molar-refractivity contribution in [3.05, 3.63) is 34.4 Å². The van der Waals surface area contributed by atoms with E-state index in [1.54, 1.807) is 0 Å². The van der Waals surface area contributed by atoms with Crippen LogP contribution in [0.1, 0.15) is 6.92 Å². The molecule has 0 unspecified atom stereocenters. The van der Waals surface area contributed by atoms with Gasteiger partial charge in [0.15, 0.2) is 0 Å². The van der Waals surface area contributed by atoms with Crippen molar-refractivity contribution in [1.29, 1.82) is 0 Å². The van der Waals surface area contributed by atoms with Crippen LogP contribution in [0.25, 0.3) is 0 Å². The molecule has 1 aliphatic rings. The van der Waals surface area contributed by atoms with Crippen LogP contribution in [-0.2, 0) is 14.3 Å². The fourth-order valence-corrected chi connectivity index (χ4v) is 3.06. The molecular weight excluding hydrogens is 427 g/mol. The number of hydrogen-bond acceptors (Lipinski definition) is 10. The number of alkyl halides is 1. The van der Waals surface area contributed by atoms with E-state index in [2.05, 4.69) is 5.32 Å². The quantitative estimate of drug-likeness (QED) is 0.190. The highest BCUT2D eigenvalue weighted by Gasteiger charge is 2.64. The predicted octanol–water partition coefficient (Wildman–Crippen LogP) is -1.93. The number of rotatable bonds is 8. The zero-order valence-corrected chi connectivity index (χ0v) is 16.0. The van der Waals surface area contributed by atoms with Gasteiger partial charge in [0.25, 0.3) is 5.69 Å². The van der Waals surface area contributed by atoms with Crippen LogP contribution in [0.5, 0.6) is 5.75 Å². The molecule has 1 saturated heterocycles. The lowest BCUT2D eigenvalue weighted by Gasteiger charge is -2.48. The number of nitro groups is 1. The summed E-state index contributed by atoms with van der Waals surface area (Å²) in [5.41, 5.74) is -0.372. The summed E-state index contributed by atoms with van der Waals surface area (Å²) in [4.78, 5) is 33.4. The molecule has 7 atom stereocenters. The summed E-state index contributed by atoms with van der Waals surface area (Å²) in [6, 6.07) is 2.08. The Bertz CT molecular complexity index is 823. The van der Waals surface area contributed by atoms with E-state index in [0.29, 0.717) is 0 Å². The first-order valence-corrected chi connectivity index (χ1v) is 8.85. The van der Waals surface area contributed by atoms with Gasteiger partial charge >= 0.3 is 11.8 Å². The Labute approximate surface area is 173 Å². The normalized spacial score (nSPS) is 30.1. The number of halogens is 1. The van der Waals surface area contributed by atoms with E-state index in [1.165, 1.54) is 0 Å². The van der Waals surface area contributed by atoms with Gasteiger partial charge in [-0.05, 0) is 12.1 Å². The van der Waals surface area contributed by atoms with E-state index in [1.807, 2.05) is 0 Å². The third kappa shape index (κ3) is 4.88. The number of carbonyl (C=O) groups is 2. The second-order valence-corrected chi connectivity index (χ2v) is 6.77. The van der Waals surface area contributed by atoms with Gasteiger partial charge in [0.05, 0.1) is 17.6 Å². The second-order valence-electron chi connectivity index (χ2n) is 6.77. The van der Waals surface area contributed by atoms with E-state index in [9.17, 15) is 40.1 Å². The number of hydrogen-bond donors (Lipinski definition) is 6. The first kappa shape index (κ1) is 24.4. The highest BCUT2D eigenvalue weighted by molar-refractivity contribution is 5.78. The minimum absolute atomic E-state index is 0.372. The standard InChI is InChI=1S/C17H21FN2O11/c1-7(22)19-11-13(25)15(18)17(16(26)27,31-14(11)12(24)10(23)6-21)30-9-4-2-8(3-5-9)20(28)29/h2-5,10-15,21,23-25H,6H2,1H3,(H,19,22)(H,26,27)/t10-,11-,12-,13-,14-,15+,17-/m1/s1. The van der Waals surface area contributed by atoms with Crippen molar-refractivity contribution in [1.82, 2.24) is 5.32 Å². The maximum atomic E-state index is 15.1. The van der Waals surface area contributed by atoms with Crippen LogP contribution in [0.3, 0.4) is 0 Å². The Hall–Kier alpha value is -2.91. The lowest BCUT2D eigenvalue weighted by molar-refractivity contribution is -0.384. The van der Waals surface area contributed by atoms with Crippen LogP contribution in [-0.4, -0.2) is 91.4 Å². The lowest BCUT2D eigenvalue weighted by Crippen LogP contribution is -2.74. The number of benzene rings is 1.